The second-order valence-corrected chi connectivity index (χ2v) is 21.2. The van der Waals surface area contributed by atoms with E-state index in [2.05, 4.69) is 60.2 Å². The minimum Gasteiger partial charge on any atom is -0.469 e. The molecular weight excluding hydrogens is 1320 g/mol. The summed E-state index contributed by atoms with van der Waals surface area (Å²) in [5, 5.41) is 62.2. The molecule has 4 unspecified atom stereocenters. The Morgan fingerprint density at radius 1 is 0.390 bits per heavy atom. The zero-order valence-corrected chi connectivity index (χ0v) is 58.2. The maximum atomic E-state index is 11.6. The van der Waals surface area contributed by atoms with Crippen molar-refractivity contribution in [1.82, 2.24) is 0 Å². The molecule has 0 amide bonds. The zero-order chi connectivity index (χ0) is 75.3. The molecule has 558 valence electrons. The van der Waals surface area contributed by atoms with Crippen molar-refractivity contribution in [3.8, 4) is 0 Å². The van der Waals surface area contributed by atoms with Crippen LogP contribution in [0, 0.1) is 0 Å². The van der Waals surface area contributed by atoms with E-state index in [1.54, 1.807) is 18.2 Å². The number of ether oxygens (including phenoxy) is 12. The van der Waals surface area contributed by atoms with E-state index in [4.69, 9.17) is 101 Å². The SMILES string of the molecule is CC.CC.CC.CC.CC(=O)O[C@@H]1[C@@H](OC(C)=O)[C@H](N=[N+]=[N-])C[C@H](N=[N+]=[N-])[C@H]1OC1CC=CCO1.CC(=O)O[C@@H]1[C@@H](OC(C)=O)[C@H](O)[C@@H](N=[N+]=[N-])C[C@H]1N=[N+]=[N-].N[C@@H]1C[C@H](N)[C@@H](OC2CC=CCO2)[C@H](O)[C@H]1O.[N-]=[N+]=N[C@H]1C[C@@H](N=[N+]=[N-])[C@H](OC2C=CC=CO2)[C@@H](O)[C@@H]1OC1CC=CCO1. The maximum absolute atomic E-state index is 11.6. The van der Waals surface area contributed by atoms with Crippen molar-refractivity contribution in [2.45, 2.75) is 275 Å². The van der Waals surface area contributed by atoms with Gasteiger partial charge in [0.2, 0.25) is 6.29 Å². The summed E-state index contributed by atoms with van der Waals surface area (Å²) < 4.78 is 65.4. The summed E-state index contributed by atoms with van der Waals surface area (Å²) in [4.78, 5) is 61.9. The highest BCUT2D eigenvalue weighted by Crippen LogP contribution is 2.36. The Labute approximate surface area is 578 Å². The van der Waals surface area contributed by atoms with Gasteiger partial charge in [0.25, 0.3) is 0 Å². The third kappa shape index (κ3) is 29.9. The first kappa shape index (κ1) is 89.7. The quantitative estimate of drug-likeness (QED) is 0.0187. The molecule has 8 rings (SSSR count). The fourth-order valence-corrected chi connectivity index (χ4v) is 10.8. The Bertz CT molecular complexity index is 2940. The van der Waals surface area contributed by atoms with Gasteiger partial charge in [-0.3, -0.25) is 19.2 Å². The van der Waals surface area contributed by atoms with E-state index in [0.29, 0.717) is 45.5 Å². The topological polar surface area (TPSA) is 605 Å². The predicted molar refractivity (Wildman–Crippen MR) is 357 cm³/mol. The van der Waals surface area contributed by atoms with E-state index in [9.17, 15) is 39.6 Å². The molecule has 40 nitrogen and oxygen atoms in total. The van der Waals surface area contributed by atoms with E-state index in [1.165, 1.54) is 20.1 Å². The monoisotopic (exact) mass is 1420 g/mol. The molecule has 24 atom stereocenters. The molecule has 0 aromatic rings. The van der Waals surface area contributed by atoms with Crippen molar-refractivity contribution in [2.24, 2.45) is 42.2 Å². The van der Waals surface area contributed by atoms with Crippen LogP contribution in [0.25, 0.3) is 62.7 Å². The Morgan fingerprint density at radius 3 is 1.11 bits per heavy atom. The number of aliphatic hydroxyl groups is 4. The highest BCUT2D eigenvalue weighted by atomic mass is 16.7. The second kappa shape index (κ2) is 51.0. The molecule has 4 fully saturated rings. The minimum absolute atomic E-state index is 0.0367. The fraction of sp³-hybridized carbons (Fsp3) is 0.767. The molecule has 4 saturated carbocycles. The van der Waals surface area contributed by atoms with Crippen molar-refractivity contribution in [3.05, 3.63) is 124 Å². The maximum Gasteiger partial charge on any atom is 0.303 e. The van der Waals surface area contributed by atoms with Crippen LogP contribution < -0.4 is 11.5 Å². The third-order valence-corrected chi connectivity index (χ3v) is 14.7. The van der Waals surface area contributed by atoms with Crippen LogP contribution in [0.4, 0.5) is 0 Å². The third-order valence-electron chi connectivity index (χ3n) is 14.7. The lowest BCUT2D eigenvalue weighted by atomic mass is 9.84. The van der Waals surface area contributed by atoms with Crippen molar-refractivity contribution in [2.75, 3.05) is 19.8 Å². The molecular formula is C60H98N20O20. The van der Waals surface area contributed by atoms with E-state index in [1.807, 2.05) is 91.8 Å². The fourth-order valence-electron chi connectivity index (χ4n) is 10.8. The highest BCUT2D eigenvalue weighted by molar-refractivity contribution is 5.68. The molecule has 100 heavy (non-hydrogen) atoms. The van der Waals surface area contributed by atoms with Crippen LogP contribution in [0.15, 0.2) is 91.6 Å². The normalized spacial score (nSPS) is 33.8. The average Bonchev–Trinajstić information content (AvgIpc) is 0.809. The van der Waals surface area contributed by atoms with Gasteiger partial charge < -0.3 is 88.7 Å². The standard InChI is InChI=1S/C16H20N6O5.C15H20N6O6.C11H20N2O4.C10H14N6O5.4C2H6/c17-21-19-10-9-11(20-22-18)16(27-13-6-2-4-8-25-13)14(23)15(10)26-12-5-1-3-7-24-12;1-8(22)25-13-10(18-20-16)7-11(19-21-17)14(15(13)26-9(2)23)27-12-5-3-4-6-24-12;12-6-5-7(13)11(10(15)9(6)14)17-8-3-1-2-4-16-8;1-4(17)20-9-7(14-16-12)3-6(13-15-11)8(19)10(9)21-5(2)18;4*1-2/h1-5,7,10-16,23H,6,8-9H2;3-4,10-15H,5-7H2,1-2H3;1-2,6-11,14-15H,3-5,12-13H2;6-10,19H,3H2,1-2H3;4*1-2H3/t10-,11+,12?,13?,14-,15+,16-;10-,11+,12?,13+,14-,15-;6-,7+,8?,9+,10-,11-;6-,7+,8+,9-,10-;;;;/m1110..../s1. The highest BCUT2D eigenvalue weighted by Gasteiger charge is 2.52. The van der Waals surface area contributed by atoms with E-state index < -0.39 is 171 Å². The molecule has 8 N–H and O–H groups in total. The molecule has 0 radical (unpaired) electrons. The van der Waals surface area contributed by atoms with Crippen LogP contribution in [0.5, 0.6) is 0 Å². The summed E-state index contributed by atoms with van der Waals surface area (Å²) in [5.74, 6) is -2.72. The summed E-state index contributed by atoms with van der Waals surface area (Å²) in [6, 6.07) is -6.01. The summed E-state index contributed by atoms with van der Waals surface area (Å²) in [6.07, 6.45) is 5.00. The van der Waals surface area contributed by atoms with E-state index >= 15 is 0 Å². The lowest BCUT2D eigenvalue weighted by Gasteiger charge is -2.43. The van der Waals surface area contributed by atoms with Crippen LogP contribution >= 0.6 is 0 Å². The number of hydrogen-bond acceptors (Lipinski definition) is 28. The predicted octanol–water partition coefficient (Wildman–Crippen LogP) is 8.44. The number of allylic oxidation sites excluding steroid dienone is 2. The minimum atomic E-state index is -1.38. The van der Waals surface area contributed by atoms with Gasteiger partial charge in [0, 0.05) is 88.5 Å². The van der Waals surface area contributed by atoms with Crippen LogP contribution in [-0.4, -0.2) is 211 Å². The van der Waals surface area contributed by atoms with Gasteiger partial charge in [0.1, 0.15) is 42.7 Å². The molecule has 0 spiro atoms. The summed E-state index contributed by atoms with van der Waals surface area (Å²) in [5.41, 5.74) is 64.1. The number of carbonyl (C=O) groups excluding carboxylic acids is 4. The molecule has 0 aromatic heterocycles. The lowest BCUT2D eigenvalue weighted by molar-refractivity contribution is -0.237. The number of nitrogens with two attached hydrogens (primary N) is 2. The molecule has 0 saturated heterocycles. The molecule has 4 aliphatic heterocycles. The van der Waals surface area contributed by atoms with Crippen LogP contribution in [0.2, 0.25) is 0 Å². The first-order valence-corrected chi connectivity index (χ1v) is 32.8. The van der Waals surface area contributed by atoms with Gasteiger partial charge in [0.05, 0.1) is 80.6 Å². The van der Waals surface area contributed by atoms with Crippen LogP contribution in [0.3, 0.4) is 0 Å². The molecule has 8 aliphatic rings. The number of carbonyl (C=O) groups is 4. The van der Waals surface area contributed by atoms with Gasteiger partial charge in [0.15, 0.2) is 31.1 Å². The number of esters is 4. The van der Waals surface area contributed by atoms with E-state index in [-0.39, 0.29) is 19.3 Å². The smallest absolute Gasteiger partial charge is 0.303 e. The summed E-state index contributed by atoms with van der Waals surface area (Å²) >= 11 is 0. The van der Waals surface area contributed by atoms with Gasteiger partial charge in [-0.2, -0.15) is 0 Å². The van der Waals surface area contributed by atoms with E-state index in [0.717, 1.165) is 13.8 Å². The van der Waals surface area contributed by atoms with Gasteiger partial charge in [-0.15, -0.1) is 0 Å². The average molecular weight is 1420 g/mol. The molecule has 4 heterocycles. The first-order valence-electron chi connectivity index (χ1n) is 32.8. The zero-order valence-electron chi connectivity index (χ0n) is 58.2. The Kier molecular flexibility index (Phi) is 45.7. The van der Waals surface area contributed by atoms with Gasteiger partial charge in [-0.25, -0.2) is 0 Å². The lowest BCUT2D eigenvalue weighted by Crippen LogP contribution is -2.62. The summed E-state index contributed by atoms with van der Waals surface area (Å²) in [7, 11) is 0. The van der Waals surface area contributed by atoms with Crippen molar-refractivity contribution in [1.29, 1.82) is 0 Å². The molecule has 4 aliphatic carbocycles. The van der Waals surface area contributed by atoms with Gasteiger partial charge >= 0.3 is 23.9 Å². The molecule has 0 bridgehead atoms. The number of rotatable bonds is 18. The Hall–Kier alpha value is -8.28. The largest absolute Gasteiger partial charge is 0.469 e. The first-order chi connectivity index (χ1) is 48.2. The number of nitrogens with zero attached hydrogens (tertiary/aromatic N) is 18. The van der Waals surface area contributed by atoms with Crippen LogP contribution in [-0.2, 0) is 76.0 Å². The van der Waals surface area contributed by atoms with Gasteiger partial charge in [-0.05, 0) is 71.0 Å². The number of aliphatic hydroxyl groups excluding tert-OH is 4. The molecule has 0 aromatic carbocycles. The number of hydrogen-bond donors (Lipinski definition) is 6. The van der Waals surface area contributed by atoms with Crippen molar-refractivity contribution in [3.63, 3.8) is 0 Å². The summed E-state index contributed by atoms with van der Waals surface area (Å²) in [6.45, 7) is 21.8. The van der Waals surface area contributed by atoms with Gasteiger partial charge in [-0.1, -0.05) is 129 Å². The molecule has 40 heteroatoms. The Balaban J connectivity index is 0.000000652. The number of azide groups is 6. The van der Waals surface area contributed by atoms with Crippen molar-refractivity contribution >= 4 is 23.9 Å². The second-order valence-electron chi connectivity index (χ2n) is 21.2. The van der Waals surface area contributed by atoms with Crippen LogP contribution in [0.1, 0.15) is 128 Å². The van der Waals surface area contributed by atoms with Crippen molar-refractivity contribution < 1.29 is 96.4 Å². The Morgan fingerprint density at radius 2 is 0.730 bits per heavy atom.